The Bertz CT molecular complexity index is 778. The van der Waals surface area contributed by atoms with Gasteiger partial charge in [-0.2, -0.15) is 4.98 Å². The summed E-state index contributed by atoms with van der Waals surface area (Å²) in [6.45, 7) is 0.367. The first-order valence-electron chi connectivity index (χ1n) is 6.37. The summed E-state index contributed by atoms with van der Waals surface area (Å²) in [6, 6.07) is 15.1. The van der Waals surface area contributed by atoms with Gasteiger partial charge in [0.15, 0.2) is 0 Å². The van der Waals surface area contributed by atoms with Crippen molar-refractivity contribution in [2.24, 2.45) is 5.84 Å². The van der Waals surface area contributed by atoms with Crippen LogP contribution in [0.5, 0.6) is 5.88 Å². The van der Waals surface area contributed by atoms with Crippen molar-refractivity contribution in [2.75, 3.05) is 5.43 Å². The van der Waals surface area contributed by atoms with Crippen molar-refractivity contribution in [3.8, 4) is 5.88 Å². The van der Waals surface area contributed by atoms with Crippen LogP contribution >= 0.6 is 11.6 Å². The summed E-state index contributed by atoms with van der Waals surface area (Å²) in [7, 11) is 0. The Morgan fingerprint density at radius 2 is 1.95 bits per heavy atom. The van der Waals surface area contributed by atoms with E-state index in [1.165, 1.54) is 0 Å². The third kappa shape index (κ3) is 3.04. The quantitative estimate of drug-likeness (QED) is 0.572. The lowest BCUT2D eigenvalue weighted by Gasteiger charge is -2.10. The molecule has 3 rings (SSSR count). The van der Waals surface area contributed by atoms with Gasteiger partial charge in [0.05, 0.1) is 10.9 Å². The number of hydrogen-bond acceptors (Lipinski definition) is 5. The Balaban J connectivity index is 1.92. The van der Waals surface area contributed by atoms with E-state index in [-0.39, 0.29) is 0 Å². The fourth-order valence-corrected chi connectivity index (χ4v) is 2.21. The van der Waals surface area contributed by atoms with Gasteiger partial charge in [-0.3, -0.25) is 5.43 Å². The molecule has 0 amide bonds. The summed E-state index contributed by atoms with van der Waals surface area (Å²) < 4.78 is 5.80. The van der Waals surface area contributed by atoms with Crippen molar-refractivity contribution < 1.29 is 4.74 Å². The highest BCUT2D eigenvalue weighted by atomic mass is 35.5. The SMILES string of the molecule is NNc1nc(OCc2cccc(Cl)c2)c2ccccc2n1. The van der Waals surface area contributed by atoms with Gasteiger partial charge < -0.3 is 4.74 Å². The van der Waals surface area contributed by atoms with Crippen molar-refractivity contribution in [1.82, 2.24) is 9.97 Å². The van der Waals surface area contributed by atoms with Gasteiger partial charge in [-0.25, -0.2) is 10.8 Å². The van der Waals surface area contributed by atoms with Gasteiger partial charge in [0.25, 0.3) is 0 Å². The molecular formula is C15H13ClN4O. The number of nitrogens with zero attached hydrogens (tertiary/aromatic N) is 2. The molecule has 3 N–H and O–H groups in total. The van der Waals surface area contributed by atoms with E-state index in [1.807, 2.05) is 48.5 Å². The number of ether oxygens (including phenoxy) is 1. The minimum absolute atomic E-state index is 0.315. The number of aromatic nitrogens is 2. The molecular weight excluding hydrogens is 288 g/mol. The maximum atomic E-state index is 5.96. The molecule has 0 radical (unpaired) electrons. The van der Waals surface area contributed by atoms with Crippen LogP contribution in [-0.2, 0) is 6.61 Å². The smallest absolute Gasteiger partial charge is 0.241 e. The number of benzene rings is 2. The molecule has 6 heteroatoms. The molecule has 5 nitrogen and oxygen atoms in total. The highest BCUT2D eigenvalue weighted by Gasteiger charge is 2.08. The normalized spacial score (nSPS) is 10.6. The number of nitrogens with two attached hydrogens (primary N) is 1. The van der Waals surface area contributed by atoms with Crippen molar-refractivity contribution in [3.63, 3.8) is 0 Å². The second-order valence-electron chi connectivity index (χ2n) is 4.43. The van der Waals surface area contributed by atoms with E-state index in [0.29, 0.717) is 23.5 Å². The fraction of sp³-hybridized carbons (Fsp3) is 0.0667. The number of nitrogens with one attached hydrogen (secondary N) is 1. The van der Waals surface area contributed by atoms with Crippen molar-refractivity contribution in [2.45, 2.75) is 6.61 Å². The topological polar surface area (TPSA) is 73.1 Å². The molecule has 3 aromatic rings. The summed E-state index contributed by atoms with van der Waals surface area (Å²) >= 11 is 5.96. The van der Waals surface area contributed by atoms with Gasteiger partial charge in [0.1, 0.15) is 6.61 Å². The summed E-state index contributed by atoms with van der Waals surface area (Å²) in [5, 5.41) is 1.51. The average Bonchev–Trinajstić information content (AvgIpc) is 2.52. The van der Waals surface area contributed by atoms with Gasteiger partial charge in [0, 0.05) is 5.02 Å². The molecule has 0 atom stereocenters. The zero-order valence-corrected chi connectivity index (χ0v) is 11.8. The fourth-order valence-electron chi connectivity index (χ4n) is 2.00. The van der Waals surface area contributed by atoms with Gasteiger partial charge in [-0.1, -0.05) is 35.9 Å². The third-order valence-corrected chi connectivity index (χ3v) is 3.20. The number of para-hydroxylation sites is 1. The Morgan fingerprint density at radius 3 is 2.76 bits per heavy atom. The Morgan fingerprint density at radius 1 is 1.10 bits per heavy atom. The number of nitrogen functional groups attached to an aromatic ring is 1. The standard InChI is InChI=1S/C15H13ClN4O/c16-11-5-3-4-10(8-11)9-21-14-12-6-1-2-7-13(12)18-15(19-14)20-17/h1-8H,9,17H2,(H,18,19,20). The van der Waals surface area contributed by atoms with Crippen LogP contribution in [0.3, 0.4) is 0 Å². The van der Waals surface area contributed by atoms with E-state index in [0.717, 1.165) is 16.5 Å². The van der Waals surface area contributed by atoms with E-state index in [2.05, 4.69) is 15.4 Å². The van der Waals surface area contributed by atoms with Gasteiger partial charge in [-0.15, -0.1) is 0 Å². The Hall–Kier alpha value is -2.37. The summed E-state index contributed by atoms with van der Waals surface area (Å²) in [6.07, 6.45) is 0. The predicted molar refractivity (Wildman–Crippen MR) is 83.1 cm³/mol. The van der Waals surface area contributed by atoms with Gasteiger partial charge in [-0.05, 0) is 29.8 Å². The van der Waals surface area contributed by atoms with Crippen molar-refractivity contribution >= 4 is 28.5 Å². The molecule has 0 bridgehead atoms. The predicted octanol–water partition coefficient (Wildman–Crippen LogP) is 3.15. The van der Waals surface area contributed by atoms with E-state index < -0.39 is 0 Å². The number of fused-ring (bicyclic) bond motifs is 1. The number of anilines is 1. The minimum atomic E-state index is 0.315. The second-order valence-corrected chi connectivity index (χ2v) is 4.87. The zero-order valence-electron chi connectivity index (χ0n) is 11.1. The summed E-state index contributed by atoms with van der Waals surface area (Å²) in [5.74, 6) is 6.18. The largest absolute Gasteiger partial charge is 0.472 e. The van der Waals surface area contributed by atoms with E-state index >= 15 is 0 Å². The monoisotopic (exact) mass is 300 g/mol. The number of hydrazine groups is 1. The first kappa shape index (κ1) is 13.6. The van der Waals surface area contributed by atoms with Crippen LogP contribution in [0.15, 0.2) is 48.5 Å². The van der Waals surface area contributed by atoms with E-state index in [1.54, 1.807) is 0 Å². The Labute approximate surface area is 126 Å². The molecule has 0 aliphatic carbocycles. The van der Waals surface area contributed by atoms with Crippen molar-refractivity contribution in [3.05, 3.63) is 59.1 Å². The first-order valence-corrected chi connectivity index (χ1v) is 6.75. The minimum Gasteiger partial charge on any atom is -0.472 e. The summed E-state index contributed by atoms with van der Waals surface area (Å²) in [5.41, 5.74) is 4.17. The molecule has 21 heavy (non-hydrogen) atoms. The second kappa shape index (κ2) is 5.95. The average molecular weight is 301 g/mol. The Kier molecular flexibility index (Phi) is 3.85. The van der Waals surface area contributed by atoms with Crippen LogP contribution in [0, 0.1) is 0 Å². The number of halogens is 1. The molecule has 0 spiro atoms. The lowest BCUT2D eigenvalue weighted by Crippen LogP contribution is -2.11. The number of rotatable bonds is 4. The van der Waals surface area contributed by atoms with E-state index in [4.69, 9.17) is 22.2 Å². The van der Waals surface area contributed by atoms with Crippen molar-refractivity contribution in [1.29, 1.82) is 0 Å². The highest BCUT2D eigenvalue weighted by molar-refractivity contribution is 6.30. The molecule has 1 heterocycles. The molecule has 1 aromatic heterocycles. The highest BCUT2D eigenvalue weighted by Crippen LogP contribution is 2.24. The molecule has 0 unspecified atom stereocenters. The summed E-state index contributed by atoms with van der Waals surface area (Å²) in [4.78, 5) is 8.53. The molecule has 0 saturated heterocycles. The van der Waals surface area contributed by atoms with Crippen LogP contribution in [-0.4, -0.2) is 9.97 Å². The molecule has 106 valence electrons. The first-order chi connectivity index (χ1) is 10.3. The van der Waals surface area contributed by atoms with Gasteiger partial charge >= 0.3 is 0 Å². The molecule has 0 saturated carbocycles. The van der Waals surface area contributed by atoms with Gasteiger partial charge in [0.2, 0.25) is 11.8 Å². The molecule has 0 fully saturated rings. The molecule has 0 aliphatic rings. The lowest BCUT2D eigenvalue weighted by molar-refractivity contribution is 0.298. The molecule has 0 aliphatic heterocycles. The lowest BCUT2D eigenvalue weighted by atomic mass is 10.2. The third-order valence-electron chi connectivity index (χ3n) is 2.96. The zero-order chi connectivity index (χ0) is 14.7. The van der Waals surface area contributed by atoms with Crippen LogP contribution in [0.2, 0.25) is 5.02 Å². The van der Waals surface area contributed by atoms with Crippen LogP contribution in [0.4, 0.5) is 5.95 Å². The van der Waals surface area contributed by atoms with Crippen LogP contribution in [0.25, 0.3) is 10.9 Å². The maximum Gasteiger partial charge on any atom is 0.241 e. The maximum absolute atomic E-state index is 5.96. The van der Waals surface area contributed by atoms with E-state index in [9.17, 15) is 0 Å². The molecule has 2 aromatic carbocycles. The van der Waals surface area contributed by atoms with Crippen LogP contribution < -0.4 is 16.0 Å². The number of hydrogen-bond donors (Lipinski definition) is 2. The van der Waals surface area contributed by atoms with Crippen LogP contribution in [0.1, 0.15) is 5.56 Å².